The summed E-state index contributed by atoms with van der Waals surface area (Å²) in [4.78, 5) is 6.14. The number of benzene rings is 2. The number of hydrogen-bond acceptors (Lipinski definition) is 2. The number of nitrogens with zero attached hydrogens (tertiary/aromatic N) is 4. The van der Waals surface area contributed by atoms with Crippen molar-refractivity contribution in [3.8, 4) is 0 Å². The monoisotopic (exact) mass is 330 g/mol. The van der Waals surface area contributed by atoms with Crippen LogP contribution in [0.4, 0.5) is 10.2 Å². The first-order valence-electron chi connectivity index (χ1n) is 7.14. The molecule has 3 rings (SSSR count). The van der Waals surface area contributed by atoms with Gasteiger partial charge in [-0.1, -0.05) is 23.7 Å². The Morgan fingerprint density at radius 3 is 2.83 bits per heavy atom. The highest BCUT2D eigenvalue weighted by Gasteiger charge is 2.11. The topological polar surface area (TPSA) is 33.4 Å². The minimum atomic E-state index is -0.305. The maximum atomic E-state index is 13.6. The Hall–Kier alpha value is -2.40. The molecular formula is C17H16ClFN4. The van der Waals surface area contributed by atoms with Crippen molar-refractivity contribution in [3.05, 3.63) is 58.9 Å². The van der Waals surface area contributed by atoms with E-state index in [1.165, 1.54) is 12.1 Å². The average Bonchev–Trinajstić information content (AvgIpc) is 2.82. The Morgan fingerprint density at radius 2 is 2.09 bits per heavy atom. The van der Waals surface area contributed by atoms with Crippen molar-refractivity contribution in [1.82, 2.24) is 14.7 Å². The van der Waals surface area contributed by atoms with E-state index < -0.39 is 0 Å². The molecule has 118 valence electrons. The maximum absolute atomic E-state index is 13.6. The van der Waals surface area contributed by atoms with Gasteiger partial charge in [0.05, 0.1) is 18.4 Å². The highest BCUT2D eigenvalue weighted by molar-refractivity contribution is 6.30. The molecular weight excluding hydrogens is 315 g/mol. The van der Waals surface area contributed by atoms with Crippen molar-refractivity contribution in [2.24, 2.45) is 4.99 Å². The molecule has 23 heavy (non-hydrogen) atoms. The Kier molecular flexibility index (Phi) is 4.30. The van der Waals surface area contributed by atoms with Gasteiger partial charge in [-0.15, -0.1) is 0 Å². The van der Waals surface area contributed by atoms with E-state index in [1.54, 1.807) is 17.3 Å². The largest absolute Gasteiger partial charge is 0.369 e. The molecule has 0 spiro atoms. The molecule has 0 N–H and O–H groups in total. The van der Waals surface area contributed by atoms with Gasteiger partial charge in [-0.3, -0.25) is 4.68 Å². The lowest BCUT2D eigenvalue weighted by Gasteiger charge is -2.04. The van der Waals surface area contributed by atoms with Crippen LogP contribution in [0.5, 0.6) is 0 Å². The second kappa shape index (κ2) is 6.38. The van der Waals surface area contributed by atoms with Crippen molar-refractivity contribution in [2.45, 2.75) is 6.54 Å². The highest BCUT2D eigenvalue weighted by Crippen LogP contribution is 2.27. The quantitative estimate of drug-likeness (QED) is 0.533. The third-order valence-corrected chi connectivity index (χ3v) is 3.56. The number of fused-ring (bicyclic) bond motifs is 1. The molecule has 0 aliphatic rings. The van der Waals surface area contributed by atoms with E-state index in [9.17, 15) is 4.39 Å². The molecule has 0 amide bonds. The fourth-order valence-corrected chi connectivity index (χ4v) is 2.54. The fraction of sp³-hybridized carbons (Fsp3) is 0.176. The summed E-state index contributed by atoms with van der Waals surface area (Å²) in [6.45, 7) is 0.542. The Balaban J connectivity index is 2.06. The van der Waals surface area contributed by atoms with Crippen LogP contribution in [0.2, 0.25) is 5.02 Å². The van der Waals surface area contributed by atoms with Gasteiger partial charge in [-0.2, -0.15) is 5.10 Å². The van der Waals surface area contributed by atoms with Crippen LogP contribution in [0.1, 0.15) is 5.56 Å². The summed E-state index contributed by atoms with van der Waals surface area (Å²) >= 11 is 6.03. The summed E-state index contributed by atoms with van der Waals surface area (Å²) in [5, 5.41) is 5.87. The molecule has 0 saturated carbocycles. The molecule has 0 aliphatic heterocycles. The third kappa shape index (κ3) is 3.51. The summed E-state index contributed by atoms with van der Waals surface area (Å²) in [7, 11) is 3.74. The van der Waals surface area contributed by atoms with Gasteiger partial charge in [0.2, 0.25) is 0 Å². The van der Waals surface area contributed by atoms with Crippen molar-refractivity contribution >= 4 is 34.7 Å². The molecule has 6 heteroatoms. The van der Waals surface area contributed by atoms with E-state index in [0.29, 0.717) is 22.8 Å². The molecule has 0 aliphatic carbocycles. The summed E-state index contributed by atoms with van der Waals surface area (Å²) < 4.78 is 15.4. The first-order chi connectivity index (χ1) is 11.0. The Bertz CT molecular complexity index is 870. The molecule has 3 aromatic rings. The first kappa shape index (κ1) is 15.5. The van der Waals surface area contributed by atoms with Crippen LogP contribution in [0, 0.1) is 5.82 Å². The predicted octanol–water partition coefficient (Wildman–Crippen LogP) is 4.10. The summed E-state index contributed by atoms with van der Waals surface area (Å²) in [5.41, 5.74) is 1.85. The van der Waals surface area contributed by atoms with Gasteiger partial charge in [0.25, 0.3) is 0 Å². The van der Waals surface area contributed by atoms with Crippen LogP contribution in [0.15, 0.2) is 47.5 Å². The van der Waals surface area contributed by atoms with E-state index in [1.807, 2.05) is 43.0 Å². The van der Waals surface area contributed by atoms with E-state index >= 15 is 0 Å². The second-order valence-corrected chi connectivity index (χ2v) is 5.92. The van der Waals surface area contributed by atoms with Crippen LogP contribution in [-0.4, -0.2) is 35.1 Å². The SMILES string of the molecule is CN(C)C=Nc1nn(Cc2cccc(Cl)c2)c2ccc(F)cc12. The highest BCUT2D eigenvalue weighted by atomic mass is 35.5. The van der Waals surface area contributed by atoms with Crippen LogP contribution in [0.25, 0.3) is 10.9 Å². The molecule has 0 unspecified atom stereocenters. The standard InChI is InChI=1S/C17H16ClFN4/c1-22(2)11-20-17-15-9-14(19)6-7-16(15)23(21-17)10-12-4-3-5-13(18)8-12/h3-9,11H,10H2,1-2H3. The molecule has 0 fully saturated rings. The lowest BCUT2D eigenvalue weighted by molar-refractivity contribution is 0.629. The van der Waals surface area contributed by atoms with Gasteiger partial charge < -0.3 is 4.90 Å². The van der Waals surface area contributed by atoms with Crippen molar-refractivity contribution in [1.29, 1.82) is 0 Å². The minimum Gasteiger partial charge on any atom is -0.369 e. The van der Waals surface area contributed by atoms with Crippen LogP contribution < -0.4 is 0 Å². The molecule has 0 saturated heterocycles. The molecule has 1 heterocycles. The fourth-order valence-electron chi connectivity index (χ4n) is 2.33. The lowest BCUT2D eigenvalue weighted by Crippen LogP contribution is -2.07. The predicted molar refractivity (Wildman–Crippen MR) is 92.1 cm³/mol. The minimum absolute atomic E-state index is 0.305. The number of rotatable bonds is 4. The van der Waals surface area contributed by atoms with E-state index in [0.717, 1.165) is 11.1 Å². The van der Waals surface area contributed by atoms with Gasteiger partial charge in [0, 0.05) is 24.5 Å². The lowest BCUT2D eigenvalue weighted by atomic mass is 10.2. The third-order valence-electron chi connectivity index (χ3n) is 3.33. The average molecular weight is 331 g/mol. The molecule has 0 radical (unpaired) electrons. The van der Waals surface area contributed by atoms with E-state index in [-0.39, 0.29) is 5.82 Å². The molecule has 0 atom stereocenters. The zero-order valence-corrected chi connectivity index (χ0v) is 13.6. The van der Waals surface area contributed by atoms with Crippen molar-refractivity contribution in [3.63, 3.8) is 0 Å². The zero-order valence-electron chi connectivity index (χ0n) is 12.9. The number of aliphatic imine (C=N–C) groups is 1. The Labute approximate surface area is 138 Å². The van der Waals surface area contributed by atoms with Gasteiger partial charge in [0.1, 0.15) is 5.82 Å². The zero-order chi connectivity index (χ0) is 16.4. The van der Waals surface area contributed by atoms with Gasteiger partial charge >= 0.3 is 0 Å². The first-order valence-corrected chi connectivity index (χ1v) is 7.52. The molecule has 2 aromatic carbocycles. The smallest absolute Gasteiger partial charge is 0.183 e. The van der Waals surface area contributed by atoms with E-state index in [2.05, 4.69) is 10.1 Å². The molecule has 1 aromatic heterocycles. The van der Waals surface area contributed by atoms with Crippen LogP contribution in [0.3, 0.4) is 0 Å². The Morgan fingerprint density at radius 1 is 1.26 bits per heavy atom. The van der Waals surface area contributed by atoms with Crippen molar-refractivity contribution in [2.75, 3.05) is 14.1 Å². The van der Waals surface area contributed by atoms with Crippen LogP contribution >= 0.6 is 11.6 Å². The molecule has 4 nitrogen and oxygen atoms in total. The van der Waals surface area contributed by atoms with Gasteiger partial charge in [-0.25, -0.2) is 9.38 Å². The van der Waals surface area contributed by atoms with Gasteiger partial charge in [0.15, 0.2) is 5.82 Å². The number of halogens is 2. The van der Waals surface area contributed by atoms with Crippen molar-refractivity contribution < 1.29 is 4.39 Å². The number of aromatic nitrogens is 2. The summed E-state index contributed by atoms with van der Waals surface area (Å²) in [6, 6.07) is 12.2. The number of hydrogen-bond donors (Lipinski definition) is 0. The van der Waals surface area contributed by atoms with Crippen LogP contribution in [-0.2, 0) is 6.54 Å². The summed E-state index contributed by atoms with van der Waals surface area (Å²) in [5.74, 6) is 0.191. The van der Waals surface area contributed by atoms with Gasteiger partial charge in [-0.05, 0) is 35.9 Å². The normalized spacial score (nSPS) is 11.5. The second-order valence-electron chi connectivity index (χ2n) is 5.48. The summed E-state index contributed by atoms with van der Waals surface area (Å²) in [6.07, 6.45) is 1.65. The molecule has 0 bridgehead atoms. The van der Waals surface area contributed by atoms with E-state index in [4.69, 9.17) is 11.6 Å². The maximum Gasteiger partial charge on any atom is 0.183 e.